The number of carbonyl (C=O) groups excluding carboxylic acids is 1. The smallest absolute Gasteiger partial charge is 0.224 e. The van der Waals surface area contributed by atoms with Crippen LogP contribution in [0.25, 0.3) is 0 Å². The first-order valence-electron chi connectivity index (χ1n) is 7.33. The second-order valence-electron chi connectivity index (χ2n) is 5.41. The molecular weight excluding hydrogens is 306 g/mol. The Morgan fingerprint density at radius 2 is 2.26 bits per heavy atom. The summed E-state index contributed by atoms with van der Waals surface area (Å²) >= 11 is 0. The molecule has 0 aliphatic carbocycles. The first-order valence-corrected chi connectivity index (χ1v) is 7.33. The lowest BCUT2D eigenvalue weighted by atomic mass is 10.1. The summed E-state index contributed by atoms with van der Waals surface area (Å²) in [6.07, 6.45) is 2.49. The molecule has 6 nitrogen and oxygen atoms in total. The lowest BCUT2D eigenvalue weighted by Crippen LogP contribution is -2.33. The van der Waals surface area contributed by atoms with Crippen LogP contribution in [-0.4, -0.2) is 33.7 Å². The fraction of sp³-hybridized carbons (Fsp3) is 0.400. The molecule has 0 unspecified atom stereocenters. The van der Waals surface area contributed by atoms with Crippen molar-refractivity contribution in [2.24, 2.45) is 0 Å². The number of benzene rings is 1. The molecule has 0 bridgehead atoms. The second kappa shape index (κ2) is 6.82. The molecule has 1 fully saturated rings. The highest BCUT2D eigenvalue weighted by Gasteiger charge is 2.28. The molecule has 1 aromatic heterocycles. The van der Waals surface area contributed by atoms with E-state index in [0.29, 0.717) is 12.4 Å². The third-order valence-corrected chi connectivity index (χ3v) is 3.73. The van der Waals surface area contributed by atoms with Crippen LogP contribution >= 0.6 is 0 Å². The van der Waals surface area contributed by atoms with Gasteiger partial charge in [0.1, 0.15) is 24.1 Å². The Morgan fingerprint density at radius 1 is 1.39 bits per heavy atom. The molecular formula is C15H16F2N4O2. The van der Waals surface area contributed by atoms with E-state index in [2.05, 4.69) is 20.5 Å². The van der Waals surface area contributed by atoms with Gasteiger partial charge in [-0.05, 0) is 31.0 Å². The van der Waals surface area contributed by atoms with Gasteiger partial charge in [0.05, 0.1) is 12.5 Å². The quantitative estimate of drug-likeness (QED) is 0.877. The van der Waals surface area contributed by atoms with Crippen LogP contribution in [0.4, 0.5) is 8.78 Å². The number of halogens is 2. The predicted molar refractivity (Wildman–Crippen MR) is 76.3 cm³/mol. The first-order chi connectivity index (χ1) is 11.1. The summed E-state index contributed by atoms with van der Waals surface area (Å²) < 4.78 is 32.3. The number of rotatable bonds is 5. The van der Waals surface area contributed by atoms with Gasteiger partial charge in [0.15, 0.2) is 5.82 Å². The Morgan fingerprint density at radius 3 is 3.04 bits per heavy atom. The minimum atomic E-state index is -0.593. The molecule has 1 amide bonds. The van der Waals surface area contributed by atoms with Crippen LogP contribution < -0.4 is 5.32 Å². The molecule has 0 saturated carbocycles. The van der Waals surface area contributed by atoms with E-state index in [1.807, 2.05) is 0 Å². The highest BCUT2D eigenvalue weighted by Crippen LogP contribution is 2.29. The first kappa shape index (κ1) is 15.5. The molecule has 0 spiro atoms. The van der Waals surface area contributed by atoms with Crippen molar-refractivity contribution in [3.63, 3.8) is 0 Å². The van der Waals surface area contributed by atoms with E-state index in [0.717, 1.165) is 31.0 Å². The van der Waals surface area contributed by atoms with Crippen LogP contribution in [-0.2, 0) is 16.0 Å². The summed E-state index contributed by atoms with van der Waals surface area (Å²) in [5.74, 6) is -0.867. The molecule has 1 saturated heterocycles. The van der Waals surface area contributed by atoms with Crippen molar-refractivity contribution in [3.8, 4) is 0 Å². The zero-order chi connectivity index (χ0) is 16.2. The summed E-state index contributed by atoms with van der Waals surface area (Å²) in [5, 5.41) is 9.22. The Hall–Kier alpha value is -2.35. The van der Waals surface area contributed by atoms with E-state index in [9.17, 15) is 13.6 Å². The van der Waals surface area contributed by atoms with Crippen molar-refractivity contribution >= 4 is 5.91 Å². The van der Waals surface area contributed by atoms with Crippen molar-refractivity contribution in [2.45, 2.75) is 31.5 Å². The van der Waals surface area contributed by atoms with Crippen molar-refractivity contribution < 1.29 is 18.3 Å². The van der Waals surface area contributed by atoms with Crippen molar-refractivity contribution in [2.75, 3.05) is 6.54 Å². The number of carbonyl (C=O) groups is 1. The number of aromatic amines is 1. The van der Waals surface area contributed by atoms with Gasteiger partial charge < -0.3 is 10.1 Å². The summed E-state index contributed by atoms with van der Waals surface area (Å²) in [6, 6.07) is 3.06. The molecule has 8 heteroatoms. The van der Waals surface area contributed by atoms with Crippen LogP contribution in [0, 0.1) is 11.6 Å². The zero-order valence-electron chi connectivity index (χ0n) is 12.3. The summed E-state index contributed by atoms with van der Waals surface area (Å²) in [4.78, 5) is 15.9. The van der Waals surface area contributed by atoms with E-state index in [4.69, 9.17) is 4.74 Å². The minimum Gasteiger partial charge on any atom is -0.365 e. The van der Waals surface area contributed by atoms with E-state index < -0.39 is 11.6 Å². The van der Waals surface area contributed by atoms with E-state index in [1.165, 1.54) is 6.33 Å². The fourth-order valence-electron chi connectivity index (χ4n) is 2.57. The number of H-pyrrole nitrogens is 1. The van der Waals surface area contributed by atoms with Crippen LogP contribution in [0.5, 0.6) is 0 Å². The molecule has 23 heavy (non-hydrogen) atoms. The van der Waals surface area contributed by atoms with Gasteiger partial charge in [0.2, 0.25) is 5.91 Å². The lowest BCUT2D eigenvalue weighted by Gasteiger charge is -2.13. The standard InChI is InChI=1S/C15H16F2N4O2/c16-10-1-3-12(17)9(5-10)6-14(22)18-7-11-2-4-13(23-11)15-19-8-20-21-15/h1,3,5,8,11,13H,2,4,6-7H2,(H,18,22)(H,19,20,21)/t11-,13+/m1/s1. The fourth-order valence-corrected chi connectivity index (χ4v) is 2.57. The Bertz CT molecular complexity index is 678. The van der Waals surface area contributed by atoms with Gasteiger partial charge in [0, 0.05) is 12.1 Å². The normalized spacial score (nSPS) is 20.6. The molecule has 2 atom stereocenters. The largest absolute Gasteiger partial charge is 0.365 e. The number of aromatic nitrogens is 3. The predicted octanol–water partition coefficient (Wildman–Crippen LogP) is 1.66. The third kappa shape index (κ3) is 3.89. The second-order valence-corrected chi connectivity index (χ2v) is 5.41. The zero-order valence-corrected chi connectivity index (χ0v) is 12.3. The lowest BCUT2D eigenvalue weighted by molar-refractivity contribution is -0.121. The van der Waals surface area contributed by atoms with Gasteiger partial charge in [-0.1, -0.05) is 0 Å². The summed E-state index contributed by atoms with van der Waals surface area (Å²) in [7, 11) is 0. The van der Waals surface area contributed by atoms with E-state index in [1.54, 1.807) is 0 Å². The molecule has 2 N–H and O–H groups in total. The molecule has 1 aliphatic heterocycles. The van der Waals surface area contributed by atoms with Crippen molar-refractivity contribution in [1.29, 1.82) is 0 Å². The molecule has 3 rings (SSSR count). The number of hydrogen-bond donors (Lipinski definition) is 2. The van der Waals surface area contributed by atoms with E-state index >= 15 is 0 Å². The number of amides is 1. The SMILES string of the molecule is O=C(Cc1cc(F)ccc1F)NC[C@H]1CC[C@@H](c2ncn[nH]2)O1. The maximum absolute atomic E-state index is 13.5. The Balaban J connectivity index is 1.47. The Labute approximate surface area is 131 Å². The number of nitrogens with zero attached hydrogens (tertiary/aromatic N) is 2. The van der Waals surface area contributed by atoms with Crippen LogP contribution in [0.15, 0.2) is 24.5 Å². The topological polar surface area (TPSA) is 79.9 Å². The Kier molecular flexibility index (Phi) is 4.61. The highest BCUT2D eigenvalue weighted by atomic mass is 19.1. The van der Waals surface area contributed by atoms with E-state index in [-0.39, 0.29) is 30.1 Å². The summed E-state index contributed by atoms with van der Waals surface area (Å²) in [5.41, 5.74) is 0.0365. The summed E-state index contributed by atoms with van der Waals surface area (Å²) in [6.45, 7) is 0.320. The van der Waals surface area contributed by atoms with Gasteiger partial charge in [-0.15, -0.1) is 0 Å². The van der Waals surface area contributed by atoms with Gasteiger partial charge in [-0.25, -0.2) is 13.8 Å². The highest BCUT2D eigenvalue weighted by molar-refractivity contribution is 5.78. The van der Waals surface area contributed by atoms with Gasteiger partial charge in [-0.2, -0.15) is 5.10 Å². The number of hydrogen-bond acceptors (Lipinski definition) is 4. The number of ether oxygens (including phenoxy) is 1. The third-order valence-electron chi connectivity index (χ3n) is 3.73. The maximum Gasteiger partial charge on any atom is 0.224 e. The molecule has 1 aliphatic rings. The maximum atomic E-state index is 13.5. The average molecular weight is 322 g/mol. The molecule has 1 aromatic carbocycles. The van der Waals surface area contributed by atoms with Gasteiger partial charge >= 0.3 is 0 Å². The monoisotopic (exact) mass is 322 g/mol. The van der Waals surface area contributed by atoms with Gasteiger partial charge in [-0.3, -0.25) is 9.89 Å². The molecule has 0 radical (unpaired) electrons. The molecule has 2 aromatic rings. The number of nitrogens with one attached hydrogen (secondary N) is 2. The van der Waals surface area contributed by atoms with Crippen LogP contribution in [0.3, 0.4) is 0 Å². The van der Waals surface area contributed by atoms with Crippen LogP contribution in [0.1, 0.15) is 30.3 Å². The molecule has 2 heterocycles. The average Bonchev–Trinajstić information content (AvgIpc) is 3.19. The molecule has 122 valence electrons. The van der Waals surface area contributed by atoms with Crippen molar-refractivity contribution in [3.05, 3.63) is 47.5 Å². The van der Waals surface area contributed by atoms with Crippen molar-refractivity contribution in [1.82, 2.24) is 20.5 Å². The minimum absolute atomic E-state index is 0.0365. The van der Waals surface area contributed by atoms with Crippen LogP contribution in [0.2, 0.25) is 0 Å². The van der Waals surface area contributed by atoms with Gasteiger partial charge in [0.25, 0.3) is 0 Å².